The molecule has 1 aliphatic heterocycles. The lowest BCUT2D eigenvalue weighted by atomic mass is 10.2. The van der Waals surface area contributed by atoms with E-state index in [0.29, 0.717) is 12.5 Å². The normalized spacial score (nSPS) is 23.2. The molecule has 4 nitrogen and oxygen atoms in total. The van der Waals surface area contributed by atoms with Gasteiger partial charge in [0.1, 0.15) is 6.04 Å². The zero-order valence-corrected chi connectivity index (χ0v) is 6.66. The third kappa shape index (κ3) is 1.69. The van der Waals surface area contributed by atoms with Crippen LogP contribution in [0.15, 0.2) is 4.99 Å². The fraction of sp³-hybridized carbons (Fsp3) is 0.714. The van der Waals surface area contributed by atoms with Gasteiger partial charge in [-0.3, -0.25) is 4.99 Å². The van der Waals surface area contributed by atoms with Crippen molar-refractivity contribution in [3.05, 3.63) is 0 Å². The smallest absolute Gasteiger partial charge is 0.328 e. The number of aliphatic carboxylic acids is 1. The van der Waals surface area contributed by atoms with Crippen LogP contribution in [0.25, 0.3) is 0 Å². The Bertz CT molecular complexity index is 199. The van der Waals surface area contributed by atoms with Crippen molar-refractivity contribution in [2.45, 2.75) is 19.9 Å². The summed E-state index contributed by atoms with van der Waals surface area (Å²) in [5.74, 6) is 0.265. The third-order valence-corrected chi connectivity index (χ3v) is 1.61. The van der Waals surface area contributed by atoms with Crippen LogP contribution in [0.5, 0.6) is 0 Å². The second kappa shape index (κ2) is 2.90. The molecule has 11 heavy (non-hydrogen) atoms. The summed E-state index contributed by atoms with van der Waals surface area (Å²) < 4.78 is 0. The second-order valence-electron chi connectivity index (χ2n) is 2.92. The highest BCUT2D eigenvalue weighted by molar-refractivity contribution is 5.91. The minimum Gasteiger partial charge on any atom is -0.480 e. The maximum absolute atomic E-state index is 10.4. The molecular weight excluding hydrogens is 144 g/mol. The van der Waals surface area contributed by atoms with Crippen LogP contribution in [0.4, 0.5) is 0 Å². The molecule has 0 radical (unpaired) electrons. The van der Waals surface area contributed by atoms with E-state index in [1.54, 1.807) is 0 Å². The van der Waals surface area contributed by atoms with Gasteiger partial charge in [-0.25, -0.2) is 4.79 Å². The lowest BCUT2D eigenvalue weighted by Gasteiger charge is -2.08. The molecule has 1 atom stereocenters. The Morgan fingerprint density at radius 1 is 1.82 bits per heavy atom. The van der Waals surface area contributed by atoms with Gasteiger partial charge < -0.3 is 10.4 Å². The first-order chi connectivity index (χ1) is 5.11. The van der Waals surface area contributed by atoms with Gasteiger partial charge in [-0.1, -0.05) is 13.8 Å². The predicted molar refractivity (Wildman–Crippen MR) is 41.7 cm³/mol. The minimum atomic E-state index is -0.829. The Balaban J connectivity index is 2.49. The molecule has 62 valence electrons. The highest BCUT2D eigenvalue weighted by Gasteiger charge is 2.24. The van der Waals surface area contributed by atoms with Crippen molar-refractivity contribution in [2.75, 3.05) is 6.54 Å². The highest BCUT2D eigenvalue weighted by Crippen LogP contribution is 2.03. The van der Waals surface area contributed by atoms with Gasteiger partial charge in [0.15, 0.2) is 0 Å². The SMILES string of the molecule is CC(C)C1=NCC(C(=O)O)N1. The molecule has 0 aromatic heterocycles. The fourth-order valence-corrected chi connectivity index (χ4v) is 0.949. The van der Waals surface area contributed by atoms with Gasteiger partial charge in [0.05, 0.1) is 12.4 Å². The van der Waals surface area contributed by atoms with E-state index >= 15 is 0 Å². The average molecular weight is 156 g/mol. The largest absolute Gasteiger partial charge is 0.480 e. The summed E-state index contributed by atoms with van der Waals surface area (Å²) in [5, 5.41) is 11.4. The maximum atomic E-state index is 10.4. The van der Waals surface area contributed by atoms with Crippen LogP contribution in [0.2, 0.25) is 0 Å². The summed E-state index contributed by atoms with van der Waals surface area (Å²) in [5.41, 5.74) is 0. The molecule has 1 unspecified atom stereocenters. The lowest BCUT2D eigenvalue weighted by Crippen LogP contribution is -2.38. The molecule has 0 aromatic rings. The highest BCUT2D eigenvalue weighted by atomic mass is 16.4. The maximum Gasteiger partial charge on any atom is 0.328 e. The van der Waals surface area contributed by atoms with Crippen molar-refractivity contribution in [2.24, 2.45) is 10.9 Å². The second-order valence-corrected chi connectivity index (χ2v) is 2.92. The van der Waals surface area contributed by atoms with Crippen molar-refractivity contribution >= 4 is 11.8 Å². The number of hydrogen-bond donors (Lipinski definition) is 2. The molecule has 0 saturated carbocycles. The van der Waals surface area contributed by atoms with Gasteiger partial charge >= 0.3 is 5.97 Å². The number of carbonyl (C=O) groups is 1. The number of hydrogen-bond acceptors (Lipinski definition) is 3. The Hall–Kier alpha value is -1.06. The Labute approximate surface area is 65.3 Å². The zero-order chi connectivity index (χ0) is 8.43. The molecule has 0 amide bonds. The van der Waals surface area contributed by atoms with E-state index in [1.165, 1.54) is 0 Å². The van der Waals surface area contributed by atoms with Crippen molar-refractivity contribution < 1.29 is 9.90 Å². The summed E-state index contributed by atoms with van der Waals surface area (Å²) in [7, 11) is 0. The summed E-state index contributed by atoms with van der Waals surface area (Å²) in [6, 6.07) is -0.507. The number of rotatable bonds is 2. The van der Waals surface area contributed by atoms with E-state index < -0.39 is 12.0 Å². The summed E-state index contributed by atoms with van der Waals surface area (Å²) >= 11 is 0. The molecule has 4 heteroatoms. The molecule has 0 aromatic carbocycles. The van der Waals surface area contributed by atoms with Crippen LogP contribution in [0, 0.1) is 5.92 Å². The van der Waals surface area contributed by atoms with E-state index in [2.05, 4.69) is 10.3 Å². The van der Waals surface area contributed by atoms with Crippen molar-refractivity contribution in [3.63, 3.8) is 0 Å². The predicted octanol–water partition coefficient (Wildman–Crippen LogP) is 0.0973. The van der Waals surface area contributed by atoms with Crippen LogP contribution < -0.4 is 5.32 Å². The summed E-state index contributed by atoms with van der Waals surface area (Å²) in [6.45, 7) is 4.33. The zero-order valence-electron chi connectivity index (χ0n) is 6.66. The van der Waals surface area contributed by atoms with E-state index in [4.69, 9.17) is 5.11 Å². The number of nitrogens with one attached hydrogen (secondary N) is 1. The Kier molecular flexibility index (Phi) is 2.12. The molecule has 0 bridgehead atoms. The fourth-order valence-electron chi connectivity index (χ4n) is 0.949. The first-order valence-electron chi connectivity index (χ1n) is 3.65. The summed E-state index contributed by atoms with van der Waals surface area (Å²) in [6.07, 6.45) is 0. The third-order valence-electron chi connectivity index (χ3n) is 1.61. The molecule has 0 spiro atoms. The van der Waals surface area contributed by atoms with Crippen LogP contribution in [-0.4, -0.2) is 29.5 Å². The average Bonchev–Trinajstić information content (AvgIpc) is 2.33. The van der Waals surface area contributed by atoms with E-state index in [9.17, 15) is 4.79 Å². The molecule has 0 fully saturated rings. The van der Waals surface area contributed by atoms with Gasteiger partial charge in [-0.15, -0.1) is 0 Å². The monoisotopic (exact) mass is 156 g/mol. The van der Waals surface area contributed by atoms with Gasteiger partial charge in [0.25, 0.3) is 0 Å². The van der Waals surface area contributed by atoms with Crippen molar-refractivity contribution in [3.8, 4) is 0 Å². The van der Waals surface area contributed by atoms with Crippen LogP contribution >= 0.6 is 0 Å². The van der Waals surface area contributed by atoms with Gasteiger partial charge in [0.2, 0.25) is 0 Å². The molecule has 1 aliphatic rings. The molecule has 0 saturated heterocycles. The topological polar surface area (TPSA) is 61.7 Å². The number of nitrogens with zero attached hydrogens (tertiary/aromatic N) is 1. The number of carboxylic acid groups (broad SMARTS) is 1. The first kappa shape index (κ1) is 8.04. The van der Waals surface area contributed by atoms with E-state index in [-0.39, 0.29) is 0 Å². The van der Waals surface area contributed by atoms with Gasteiger partial charge in [-0.2, -0.15) is 0 Å². The molecule has 0 aliphatic carbocycles. The quantitative estimate of drug-likeness (QED) is 0.596. The van der Waals surface area contributed by atoms with Crippen LogP contribution in [0.3, 0.4) is 0 Å². The number of amidine groups is 1. The van der Waals surface area contributed by atoms with Gasteiger partial charge in [0, 0.05) is 5.92 Å². The summed E-state index contributed by atoms with van der Waals surface area (Å²) in [4.78, 5) is 14.5. The van der Waals surface area contributed by atoms with Crippen molar-refractivity contribution in [1.82, 2.24) is 5.32 Å². The Morgan fingerprint density at radius 2 is 2.45 bits per heavy atom. The lowest BCUT2D eigenvalue weighted by molar-refractivity contribution is -0.138. The Morgan fingerprint density at radius 3 is 2.73 bits per heavy atom. The molecule has 2 N–H and O–H groups in total. The number of carboxylic acids is 1. The molecule has 1 rings (SSSR count). The molecule has 1 heterocycles. The molecular formula is C7H12N2O2. The minimum absolute atomic E-state index is 0.291. The van der Waals surface area contributed by atoms with Crippen molar-refractivity contribution in [1.29, 1.82) is 0 Å². The van der Waals surface area contributed by atoms with Crippen LogP contribution in [-0.2, 0) is 4.79 Å². The first-order valence-corrected chi connectivity index (χ1v) is 3.65. The van der Waals surface area contributed by atoms with E-state index in [0.717, 1.165) is 5.84 Å². The van der Waals surface area contributed by atoms with Crippen LogP contribution in [0.1, 0.15) is 13.8 Å². The number of aliphatic imine (C=N–C) groups is 1. The van der Waals surface area contributed by atoms with Gasteiger partial charge in [-0.05, 0) is 0 Å². The standard InChI is InChI=1S/C7H12N2O2/c1-4(2)6-8-3-5(9-6)7(10)11/h4-5H,3H2,1-2H3,(H,8,9)(H,10,11). The van der Waals surface area contributed by atoms with E-state index in [1.807, 2.05) is 13.8 Å².